The van der Waals surface area contributed by atoms with Gasteiger partial charge in [0.1, 0.15) is 29.4 Å². The minimum Gasteiger partial charge on any atom is -0.497 e. The average Bonchev–Trinajstić information content (AvgIpc) is 3.61. The highest BCUT2D eigenvalue weighted by Crippen LogP contribution is 2.38. The van der Waals surface area contributed by atoms with E-state index in [0.717, 1.165) is 19.3 Å². The Hall–Kier alpha value is -4.50. The average molecular weight is 818 g/mol. The lowest BCUT2D eigenvalue weighted by Gasteiger charge is -2.43. The van der Waals surface area contributed by atoms with Gasteiger partial charge >= 0.3 is 0 Å². The number of rotatable bonds is 20. The fraction of sp³-hybridized carbons (Fsp3) is 0.500. The topological polar surface area (TPSA) is 62.8 Å². The van der Waals surface area contributed by atoms with Crippen LogP contribution in [-0.4, -0.2) is 42.7 Å². The molecule has 0 radical (unpaired) electrons. The second-order valence-electron chi connectivity index (χ2n) is 15.3. The quantitative estimate of drug-likeness (QED) is 0.0788. The molecule has 324 valence electrons. The first-order valence-corrected chi connectivity index (χ1v) is 21.9. The number of unbranched alkanes of at least 4 members (excludes halogenated alkanes) is 11. The number of hydrogen-bond acceptors (Lipinski definition) is 6. The lowest BCUT2D eigenvalue weighted by molar-refractivity contribution is -0.118. The van der Waals surface area contributed by atoms with Crippen LogP contribution in [0.25, 0.3) is 0 Å². The molecule has 2 N–H and O–H groups in total. The molecule has 2 bridgehead atoms. The Kier molecular flexibility index (Phi) is 22.0. The van der Waals surface area contributed by atoms with Gasteiger partial charge in [-0.1, -0.05) is 111 Å². The van der Waals surface area contributed by atoms with E-state index in [2.05, 4.69) is 48.8 Å². The van der Waals surface area contributed by atoms with Crippen molar-refractivity contribution in [2.75, 3.05) is 13.7 Å². The normalized spacial score (nSPS) is 20.2. The van der Waals surface area contributed by atoms with E-state index in [1.54, 1.807) is 37.6 Å². The summed E-state index contributed by atoms with van der Waals surface area (Å²) in [5.74, 6) is -2.50. The molecule has 9 heteroatoms. The van der Waals surface area contributed by atoms with Gasteiger partial charge in [0.2, 0.25) is 0 Å². The highest BCUT2D eigenvalue weighted by Gasteiger charge is 2.41. The summed E-state index contributed by atoms with van der Waals surface area (Å²) in [5.41, 5.74) is 2.81. The van der Waals surface area contributed by atoms with Crippen LogP contribution in [0.5, 0.6) is 5.75 Å². The van der Waals surface area contributed by atoms with E-state index in [4.69, 9.17) is 9.47 Å². The molecule has 3 atom stereocenters. The van der Waals surface area contributed by atoms with Gasteiger partial charge in [-0.2, -0.15) is 0 Å². The van der Waals surface area contributed by atoms with E-state index >= 15 is 0 Å². The zero-order chi connectivity index (χ0) is 43.2. The van der Waals surface area contributed by atoms with Crippen LogP contribution in [-0.2, 0) is 11.3 Å². The van der Waals surface area contributed by atoms with Crippen LogP contribution in [0, 0.1) is 17.5 Å². The van der Waals surface area contributed by atoms with Crippen LogP contribution in [0.1, 0.15) is 139 Å². The third-order valence-corrected chi connectivity index (χ3v) is 11.0. The number of hydrogen-bond donors (Lipinski definition) is 2. The van der Waals surface area contributed by atoms with Crippen molar-refractivity contribution in [1.82, 2.24) is 15.5 Å². The molecule has 2 heterocycles. The third kappa shape index (κ3) is 15.6. The second-order valence-corrected chi connectivity index (χ2v) is 15.3. The Morgan fingerprint density at radius 1 is 0.949 bits per heavy atom. The van der Waals surface area contributed by atoms with E-state index in [9.17, 15) is 18.0 Å². The van der Waals surface area contributed by atoms with Crippen LogP contribution < -0.4 is 15.4 Å². The summed E-state index contributed by atoms with van der Waals surface area (Å²) in [6.07, 6.45) is 25.4. The van der Waals surface area contributed by atoms with Crippen LogP contribution in [0.3, 0.4) is 0 Å². The van der Waals surface area contributed by atoms with Crippen molar-refractivity contribution in [1.29, 1.82) is 0 Å². The van der Waals surface area contributed by atoms with Gasteiger partial charge in [0.25, 0.3) is 0 Å². The number of ether oxygens (including phenoxy) is 2. The number of nitrogens with one attached hydrogen (secondary N) is 2. The number of fused-ring (bicyclic) bond motifs is 4. The van der Waals surface area contributed by atoms with Gasteiger partial charge in [-0.25, -0.2) is 13.2 Å². The zero-order valence-electron chi connectivity index (χ0n) is 36.3. The molecule has 3 aliphatic rings. The number of benzene rings is 2. The monoisotopic (exact) mass is 818 g/mol. The maximum absolute atomic E-state index is 14.3. The number of Topliss-reactive ketones (excluding diaryl/α,β-unsaturated/α-hetero) is 1. The number of ketones is 1. The molecule has 1 aliphatic carbocycles. The summed E-state index contributed by atoms with van der Waals surface area (Å²) in [6.45, 7) is 22.9. The molecule has 1 saturated heterocycles. The van der Waals surface area contributed by atoms with E-state index in [-0.39, 0.29) is 42.7 Å². The summed E-state index contributed by atoms with van der Waals surface area (Å²) in [4.78, 5) is 15.6. The van der Waals surface area contributed by atoms with E-state index < -0.39 is 17.5 Å². The molecule has 0 spiro atoms. The van der Waals surface area contributed by atoms with E-state index in [0.29, 0.717) is 58.1 Å². The molecular formula is C50H70F3N3O3. The molecule has 2 fully saturated rings. The molecule has 2 aliphatic heterocycles. The van der Waals surface area contributed by atoms with Crippen molar-refractivity contribution in [3.63, 3.8) is 0 Å². The van der Waals surface area contributed by atoms with Crippen LogP contribution in [0.4, 0.5) is 13.2 Å². The molecule has 5 rings (SSSR count). The number of nitrogens with zero attached hydrogens (tertiary/aromatic N) is 1. The van der Waals surface area contributed by atoms with Gasteiger partial charge in [-0.05, 0) is 73.6 Å². The van der Waals surface area contributed by atoms with E-state index in [1.807, 2.05) is 26.0 Å². The maximum atomic E-state index is 14.3. The Morgan fingerprint density at radius 2 is 1.56 bits per heavy atom. The Labute approximate surface area is 353 Å². The summed E-state index contributed by atoms with van der Waals surface area (Å²) < 4.78 is 53.6. The van der Waals surface area contributed by atoms with Crippen molar-refractivity contribution in [2.24, 2.45) is 0 Å². The molecule has 59 heavy (non-hydrogen) atoms. The van der Waals surface area contributed by atoms with Crippen molar-refractivity contribution in [3.8, 4) is 5.75 Å². The van der Waals surface area contributed by atoms with Gasteiger partial charge in [-0.15, -0.1) is 6.58 Å². The fourth-order valence-electron chi connectivity index (χ4n) is 7.73. The number of carbonyl (C=O) groups excluding carboxylic acids is 1. The SMILES string of the molecule is C=C(NCc1c(F)cc(F)cc1F)/C1=C/NCC2OC3CCC(C3)N2C(=C)/C=C(\CC(=O)c2ccc(OC)cc2)C1=C.C=CCCCCCCCCCCCCC.CC. The minimum absolute atomic E-state index is 0.0165. The molecule has 1 saturated carbocycles. The first-order chi connectivity index (χ1) is 28.6. The smallest absolute Gasteiger partial charge is 0.167 e. The molecule has 0 amide bonds. The van der Waals surface area contributed by atoms with Gasteiger partial charge in [0, 0.05) is 65.4 Å². The molecule has 0 aromatic heterocycles. The number of carbonyl (C=O) groups is 1. The summed E-state index contributed by atoms with van der Waals surface area (Å²) >= 11 is 0. The van der Waals surface area contributed by atoms with Gasteiger partial charge in [0.15, 0.2) is 5.78 Å². The van der Waals surface area contributed by atoms with Crippen molar-refractivity contribution >= 4 is 5.78 Å². The predicted octanol–water partition coefficient (Wildman–Crippen LogP) is 13.0. The third-order valence-electron chi connectivity index (χ3n) is 11.0. The Morgan fingerprint density at radius 3 is 2.15 bits per heavy atom. The van der Waals surface area contributed by atoms with Gasteiger partial charge in [0.05, 0.1) is 19.8 Å². The second kappa shape index (κ2) is 26.6. The molecule has 3 unspecified atom stereocenters. The highest BCUT2D eigenvalue weighted by molar-refractivity contribution is 5.98. The summed E-state index contributed by atoms with van der Waals surface area (Å²) in [7, 11) is 1.56. The number of allylic oxidation sites excluding steroid dienone is 4. The number of halogens is 3. The largest absolute Gasteiger partial charge is 0.497 e. The van der Waals surface area contributed by atoms with Crippen molar-refractivity contribution in [2.45, 2.75) is 148 Å². The summed E-state index contributed by atoms with van der Waals surface area (Å²) in [6, 6.07) is 8.41. The first-order valence-electron chi connectivity index (χ1n) is 21.9. The first kappa shape index (κ1) is 48.9. The number of methoxy groups -OCH3 is 1. The van der Waals surface area contributed by atoms with Gasteiger partial charge < -0.3 is 25.0 Å². The minimum atomic E-state index is -1.00. The van der Waals surface area contributed by atoms with Crippen LogP contribution in [0.2, 0.25) is 0 Å². The molecular weight excluding hydrogens is 748 g/mol. The van der Waals surface area contributed by atoms with Crippen molar-refractivity contribution < 1.29 is 27.4 Å². The fourth-order valence-corrected chi connectivity index (χ4v) is 7.73. The molecule has 6 nitrogen and oxygen atoms in total. The lowest BCUT2D eigenvalue weighted by atomic mass is 9.91. The van der Waals surface area contributed by atoms with Crippen molar-refractivity contribution in [3.05, 3.63) is 138 Å². The van der Waals surface area contributed by atoms with Gasteiger partial charge in [-0.3, -0.25) is 4.79 Å². The lowest BCUT2D eigenvalue weighted by Crippen LogP contribution is -2.51. The molecule has 2 aromatic carbocycles. The zero-order valence-corrected chi connectivity index (χ0v) is 36.3. The predicted molar refractivity (Wildman–Crippen MR) is 237 cm³/mol. The summed E-state index contributed by atoms with van der Waals surface area (Å²) in [5, 5.41) is 6.23. The highest BCUT2D eigenvalue weighted by atomic mass is 19.1. The molecule has 2 aromatic rings. The Balaban J connectivity index is 0.000000464. The maximum Gasteiger partial charge on any atom is 0.167 e. The van der Waals surface area contributed by atoms with Crippen LogP contribution >= 0.6 is 0 Å². The Bertz CT molecular complexity index is 1710. The van der Waals surface area contributed by atoms with Crippen LogP contribution in [0.15, 0.2) is 109 Å². The van der Waals surface area contributed by atoms with E-state index in [1.165, 1.54) is 77.0 Å². The standard InChI is InChI=1S/C33H34F3N3O3.C15H30.C2H6/c1-19-11-23(12-32(40)22-5-8-26(41-4)9-6-22)20(2)28(16-37-18-33-39(19)25-7-10-27(15-25)42-33)21(3)38-17-29-30(35)13-24(34)14-31(29)36;1-3-5-7-9-11-13-15-14-12-10-8-6-4-2;1-2/h5-6,8-9,11,13-14,16,25,27,33,37-38H,1-3,7,10,12,15,17-18H2,4H3;3H,1,4-15H2,2H3;1-2H3/b23-11+,28-16+;;.